The Labute approximate surface area is 66.5 Å². The summed E-state index contributed by atoms with van der Waals surface area (Å²) < 4.78 is 1.72. The van der Waals surface area contributed by atoms with Crippen molar-refractivity contribution >= 4 is 0 Å². The van der Waals surface area contributed by atoms with E-state index in [-0.39, 0.29) is 5.56 Å². The Balaban J connectivity index is 3.21. The third-order valence-electron chi connectivity index (χ3n) is 1.82. The van der Waals surface area contributed by atoms with Crippen LogP contribution >= 0.6 is 0 Å². The number of pyridine rings is 1. The third-order valence-corrected chi connectivity index (χ3v) is 1.82. The second kappa shape index (κ2) is 3.37. The highest BCUT2D eigenvalue weighted by Gasteiger charge is 1.97. The molecule has 0 amide bonds. The SMILES string of the molecule is CCc1cccn(CC)c1=O. The third kappa shape index (κ3) is 1.50. The average Bonchev–Trinajstić information content (AvgIpc) is 2.05. The zero-order chi connectivity index (χ0) is 8.27. The maximum Gasteiger partial charge on any atom is 0.253 e. The lowest BCUT2D eigenvalue weighted by Crippen LogP contribution is -2.21. The van der Waals surface area contributed by atoms with Crippen LogP contribution in [0.4, 0.5) is 0 Å². The number of rotatable bonds is 2. The number of aryl methyl sites for hydroxylation is 2. The van der Waals surface area contributed by atoms with Gasteiger partial charge in [-0.25, -0.2) is 0 Å². The minimum absolute atomic E-state index is 0.150. The minimum atomic E-state index is 0.150. The summed E-state index contributed by atoms with van der Waals surface area (Å²) >= 11 is 0. The topological polar surface area (TPSA) is 22.0 Å². The van der Waals surface area contributed by atoms with Gasteiger partial charge in [-0.05, 0) is 19.4 Å². The van der Waals surface area contributed by atoms with Gasteiger partial charge < -0.3 is 4.57 Å². The van der Waals surface area contributed by atoms with Crippen molar-refractivity contribution in [3.63, 3.8) is 0 Å². The van der Waals surface area contributed by atoms with Crippen LogP contribution < -0.4 is 5.56 Å². The predicted molar refractivity (Wildman–Crippen MR) is 45.8 cm³/mol. The molecule has 0 fully saturated rings. The summed E-state index contributed by atoms with van der Waals surface area (Å²) in [6.07, 6.45) is 2.64. The second-order valence-electron chi connectivity index (χ2n) is 2.48. The molecule has 0 aromatic carbocycles. The summed E-state index contributed by atoms with van der Waals surface area (Å²) in [5, 5.41) is 0. The Hall–Kier alpha value is -1.05. The van der Waals surface area contributed by atoms with Crippen LogP contribution in [0.15, 0.2) is 23.1 Å². The summed E-state index contributed by atoms with van der Waals surface area (Å²) in [6, 6.07) is 3.80. The van der Waals surface area contributed by atoms with Gasteiger partial charge in [0, 0.05) is 18.3 Å². The molecule has 0 atom stereocenters. The van der Waals surface area contributed by atoms with Gasteiger partial charge in [-0.2, -0.15) is 0 Å². The lowest BCUT2D eigenvalue weighted by molar-refractivity contribution is 0.716. The van der Waals surface area contributed by atoms with Gasteiger partial charge >= 0.3 is 0 Å². The lowest BCUT2D eigenvalue weighted by Gasteiger charge is -2.02. The van der Waals surface area contributed by atoms with Crippen molar-refractivity contribution in [2.45, 2.75) is 26.8 Å². The molecule has 0 aliphatic heterocycles. The summed E-state index contributed by atoms with van der Waals surface area (Å²) in [7, 11) is 0. The standard InChI is InChI=1S/C9H13NO/c1-3-8-6-5-7-10(4-2)9(8)11/h5-7H,3-4H2,1-2H3. The molecule has 11 heavy (non-hydrogen) atoms. The molecular formula is C9H13NO. The first-order chi connectivity index (χ1) is 5.29. The Morgan fingerprint density at radius 1 is 1.45 bits per heavy atom. The van der Waals surface area contributed by atoms with Crippen LogP contribution in [0.25, 0.3) is 0 Å². The van der Waals surface area contributed by atoms with Crippen LogP contribution in [0.3, 0.4) is 0 Å². The van der Waals surface area contributed by atoms with Crippen molar-refractivity contribution in [3.05, 3.63) is 34.2 Å². The van der Waals surface area contributed by atoms with E-state index in [2.05, 4.69) is 0 Å². The normalized spacial score (nSPS) is 10.0. The number of hydrogen-bond acceptors (Lipinski definition) is 1. The lowest BCUT2D eigenvalue weighted by atomic mass is 10.2. The van der Waals surface area contributed by atoms with Gasteiger partial charge in [-0.3, -0.25) is 4.79 Å². The zero-order valence-electron chi connectivity index (χ0n) is 7.00. The molecule has 2 nitrogen and oxygen atoms in total. The van der Waals surface area contributed by atoms with Gasteiger partial charge in [-0.15, -0.1) is 0 Å². The van der Waals surface area contributed by atoms with E-state index in [0.717, 1.165) is 18.5 Å². The predicted octanol–water partition coefficient (Wildman–Crippen LogP) is 1.43. The molecule has 0 spiro atoms. The highest BCUT2D eigenvalue weighted by Crippen LogP contribution is 1.91. The minimum Gasteiger partial charge on any atom is -0.316 e. The molecule has 0 aliphatic carbocycles. The molecule has 1 rings (SSSR count). The molecule has 60 valence electrons. The van der Waals surface area contributed by atoms with E-state index in [4.69, 9.17) is 0 Å². The van der Waals surface area contributed by atoms with Gasteiger partial charge in [0.25, 0.3) is 5.56 Å². The Bertz CT molecular complexity index is 263. The van der Waals surface area contributed by atoms with Gasteiger partial charge in [0.05, 0.1) is 0 Å². The summed E-state index contributed by atoms with van der Waals surface area (Å²) in [4.78, 5) is 11.4. The van der Waals surface area contributed by atoms with Crippen molar-refractivity contribution in [2.75, 3.05) is 0 Å². The fraction of sp³-hybridized carbons (Fsp3) is 0.444. The molecule has 0 radical (unpaired) electrons. The fourth-order valence-electron chi connectivity index (χ4n) is 1.10. The average molecular weight is 151 g/mol. The van der Waals surface area contributed by atoms with Gasteiger partial charge in [0.1, 0.15) is 0 Å². The van der Waals surface area contributed by atoms with Crippen LogP contribution in [0, 0.1) is 0 Å². The first-order valence-electron chi connectivity index (χ1n) is 3.98. The number of hydrogen-bond donors (Lipinski definition) is 0. The van der Waals surface area contributed by atoms with Crippen molar-refractivity contribution in [2.24, 2.45) is 0 Å². The summed E-state index contributed by atoms with van der Waals surface area (Å²) in [5.74, 6) is 0. The molecule has 0 saturated heterocycles. The molecule has 2 heteroatoms. The van der Waals surface area contributed by atoms with Gasteiger partial charge in [0.15, 0.2) is 0 Å². The van der Waals surface area contributed by atoms with Crippen LogP contribution in [0.5, 0.6) is 0 Å². The summed E-state index contributed by atoms with van der Waals surface area (Å²) in [6.45, 7) is 4.73. The molecular weight excluding hydrogens is 138 g/mol. The van der Waals surface area contributed by atoms with E-state index in [9.17, 15) is 4.79 Å². The van der Waals surface area contributed by atoms with E-state index >= 15 is 0 Å². The molecule has 1 aromatic rings. The fourth-order valence-corrected chi connectivity index (χ4v) is 1.10. The van der Waals surface area contributed by atoms with Crippen molar-refractivity contribution in [3.8, 4) is 0 Å². The molecule has 0 bridgehead atoms. The second-order valence-corrected chi connectivity index (χ2v) is 2.48. The Morgan fingerprint density at radius 3 is 2.73 bits per heavy atom. The Morgan fingerprint density at radius 2 is 2.18 bits per heavy atom. The van der Waals surface area contributed by atoms with E-state index in [0.29, 0.717) is 0 Å². The van der Waals surface area contributed by atoms with E-state index in [1.54, 1.807) is 4.57 Å². The summed E-state index contributed by atoms with van der Waals surface area (Å²) in [5.41, 5.74) is 1.05. The van der Waals surface area contributed by atoms with E-state index in [1.165, 1.54) is 0 Å². The zero-order valence-corrected chi connectivity index (χ0v) is 7.00. The van der Waals surface area contributed by atoms with Crippen LogP contribution in [-0.2, 0) is 13.0 Å². The molecule has 1 aromatic heterocycles. The highest BCUT2D eigenvalue weighted by atomic mass is 16.1. The highest BCUT2D eigenvalue weighted by molar-refractivity contribution is 5.09. The van der Waals surface area contributed by atoms with Crippen molar-refractivity contribution in [1.82, 2.24) is 4.57 Å². The monoisotopic (exact) mass is 151 g/mol. The van der Waals surface area contributed by atoms with Crippen molar-refractivity contribution < 1.29 is 0 Å². The molecule has 0 aliphatic rings. The maximum atomic E-state index is 11.4. The first-order valence-corrected chi connectivity index (χ1v) is 3.98. The maximum absolute atomic E-state index is 11.4. The van der Waals surface area contributed by atoms with Crippen LogP contribution in [0.1, 0.15) is 19.4 Å². The Kier molecular flexibility index (Phi) is 2.47. The van der Waals surface area contributed by atoms with Crippen molar-refractivity contribution in [1.29, 1.82) is 0 Å². The van der Waals surface area contributed by atoms with Gasteiger partial charge in [-0.1, -0.05) is 13.0 Å². The number of nitrogens with zero attached hydrogens (tertiary/aromatic N) is 1. The largest absolute Gasteiger partial charge is 0.316 e. The first kappa shape index (κ1) is 8.05. The van der Waals surface area contributed by atoms with E-state index < -0.39 is 0 Å². The molecule has 0 unspecified atom stereocenters. The van der Waals surface area contributed by atoms with Gasteiger partial charge in [0.2, 0.25) is 0 Å². The molecule has 0 N–H and O–H groups in total. The number of aromatic nitrogens is 1. The molecule has 0 saturated carbocycles. The molecule has 1 heterocycles. The van der Waals surface area contributed by atoms with Crippen LogP contribution in [0.2, 0.25) is 0 Å². The van der Waals surface area contributed by atoms with E-state index in [1.807, 2.05) is 32.2 Å². The quantitative estimate of drug-likeness (QED) is 0.626. The smallest absolute Gasteiger partial charge is 0.253 e. The van der Waals surface area contributed by atoms with Crippen LogP contribution in [-0.4, -0.2) is 4.57 Å².